The van der Waals surface area contributed by atoms with Crippen LogP contribution in [0.5, 0.6) is 0 Å². The Hall–Kier alpha value is -0.450. The quantitative estimate of drug-likeness (QED) is 0.919. The van der Waals surface area contributed by atoms with Crippen LogP contribution >= 0.6 is 15.9 Å². The molecule has 0 aromatic heterocycles. The number of hydrogen-bond donors (Lipinski definition) is 1. The number of hydrogen-bond acceptors (Lipinski definition) is 2. The average molecular weight is 313 g/mol. The van der Waals surface area contributed by atoms with E-state index in [0.717, 1.165) is 29.7 Å². The summed E-state index contributed by atoms with van der Waals surface area (Å²) < 4.78 is 14.8. The molecule has 2 fully saturated rings. The third-order valence-corrected chi connectivity index (χ3v) is 4.66. The lowest BCUT2D eigenvalue weighted by atomic mass is 10.1. The van der Waals surface area contributed by atoms with Crippen molar-refractivity contribution in [1.29, 1.82) is 0 Å². The molecule has 0 bridgehead atoms. The van der Waals surface area contributed by atoms with E-state index in [4.69, 9.17) is 0 Å². The molecule has 3 rings (SSSR count). The Morgan fingerprint density at radius 3 is 2.72 bits per heavy atom. The van der Waals surface area contributed by atoms with Crippen LogP contribution < -0.4 is 5.32 Å². The van der Waals surface area contributed by atoms with Crippen LogP contribution in [0.15, 0.2) is 22.7 Å². The van der Waals surface area contributed by atoms with Gasteiger partial charge < -0.3 is 5.32 Å². The van der Waals surface area contributed by atoms with Crippen LogP contribution in [0, 0.1) is 5.82 Å². The molecule has 1 saturated heterocycles. The molecule has 1 atom stereocenters. The van der Waals surface area contributed by atoms with Crippen molar-refractivity contribution < 1.29 is 4.39 Å². The lowest BCUT2D eigenvalue weighted by molar-refractivity contribution is 0.186. The van der Waals surface area contributed by atoms with Gasteiger partial charge in [-0.15, -0.1) is 0 Å². The number of rotatable bonds is 4. The van der Waals surface area contributed by atoms with Gasteiger partial charge in [0.25, 0.3) is 0 Å². The smallest absolute Gasteiger partial charge is 0.128 e. The number of halogens is 2. The lowest BCUT2D eigenvalue weighted by Crippen LogP contribution is -2.38. The SMILES string of the molecule is Fc1cccc(Br)c1CN(C1CC1)C1CCNC1. The van der Waals surface area contributed by atoms with Crippen LogP contribution in [-0.4, -0.2) is 30.1 Å². The van der Waals surface area contributed by atoms with Crippen molar-refractivity contribution in [2.75, 3.05) is 13.1 Å². The van der Waals surface area contributed by atoms with Gasteiger partial charge in [-0.1, -0.05) is 22.0 Å². The average Bonchev–Trinajstić information content (AvgIpc) is 3.04. The van der Waals surface area contributed by atoms with Gasteiger partial charge in [0.2, 0.25) is 0 Å². The third-order valence-electron chi connectivity index (χ3n) is 3.92. The van der Waals surface area contributed by atoms with Crippen LogP contribution in [-0.2, 0) is 6.54 Å². The molecule has 1 aliphatic carbocycles. The van der Waals surface area contributed by atoms with Crippen molar-refractivity contribution in [3.63, 3.8) is 0 Å². The second-order valence-corrected chi connectivity index (χ2v) is 6.10. The summed E-state index contributed by atoms with van der Waals surface area (Å²) in [6.07, 6.45) is 3.72. The van der Waals surface area contributed by atoms with Crippen LogP contribution in [0.1, 0.15) is 24.8 Å². The monoisotopic (exact) mass is 312 g/mol. The Morgan fingerprint density at radius 1 is 1.28 bits per heavy atom. The highest BCUT2D eigenvalue weighted by Gasteiger charge is 2.35. The highest BCUT2D eigenvalue weighted by atomic mass is 79.9. The van der Waals surface area contributed by atoms with Gasteiger partial charge >= 0.3 is 0 Å². The minimum absolute atomic E-state index is 0.0963. The predicted octanol–water partition coefficient (Wildman–Crippen LogP) is 2.91. The Kier molecular flexibility index (Phi) is 3.68. The maximum atomic E-state index is 13.9. The maximum absolute atomic E-state index is 13.9. The van der Waals surface area contributed by atoms with Gasteiger partial charge in [0, 0.05) is 35.2 Å². The van der Waals surface area contributed by atoms with Gasteiger partial charge in [0.1, 0.15) is 5.82 Å². The fourth-order valence-electron chi connectivity index (χ4n) is 2.75. The molecule has 2 nitrogen and oxygen atoms in total. The van der Waals surface area contributed by atoms with Crippen molar-refractivity contribution in [2.24, 2.45) is 0 Å². The summed E-state index contributed by atoms with van der Waals surface area (Å²) in [4.78, 5) is 2.49. The Bertz CT molecular complexity index is 408. The van der Waals surface area contributed by atoms with Gasteiger partial charge in [-0.05, 0) is 37.9 Å². The Balaban J connectivity index is 1.79. The van der Waals surface area contributed by atoms with Crippen molar-refractivity contribution in [3.05, 3.63) is 34.1 Å². The summed E-state index contributed by atoms with van der Waals surface area (Å²) in [7, 11) is 0. The molecule has 4 heteroatoms. The first-order valence-electron chi connectivity index (χ1n) is 6.65. The van der Waals surface area contributed by atoms with Gasteiger partial charge in [-0.25, -0.2) is 4.39 Å². The summed E-state index contributed by atoms with van der Waals surface area (Å²) in [6, 6.07) is 6.47. The van der Waals surface area contributed by atoms with Crippen LogP contribution in [0.4, 0.5) is 4.39 Å². The zero-order valence-corrected chi connectivity index (χ0v) is 11.9. The molecule has 0 radical (unpaired) electrons. The molecule has 0 spiro atoms. The maximum Gasteiger partial charge on any atom is 0.128 e. The number of benzene rings is 1. The number of nitrogens with one attached hydrogen (secondary N) is 1. The largest absolute Gasteiger partial charge is 0.315 e. The fraction of sp³-hybridized carbons (Fsp3) is 0.571. The second kappa shape index (κ2) is 5.27. The van der Waals surface area contributed by atoms with Crippen molar-refractivity contribution >= 4 is 15.9 Å². The van der Waals surface area contributed by atoms with E-state index >= 15 is 0 Å². The van der Waals surface area contributed by atoms with Crippen LogP contribution in [0.3, 0.4) is 0 Å². The van der Waals surface area contributed by atoms with Gasteiger partial charge in [0.05, 0.1) is 0 Å². The predicted molar refractivity (Wildman–Crippen MR) is 73.9 cm³/mol. The summed E-state index contributed by atoms with van der Waals surface area (Å²) in [6.45, 7) is 2.86. The number of nitrogens with zero attached hydrogens (tertiary/aromatic N) is 1. The fourth-order valence-corrected chi connectivity index (χ4v) is 3.22. The normalized spacial score (nSPS) is 23.8. The molecule has 18 heavy (non-hydrogen) atoms. The first-order valence-corrected chi connectivity index (χ1v) is 7.44. The van der Waals surface area contributed by atoms with E-state index in [9.17, 15) is 4.39 Å². The molecule has 1 heterocycles. The van der Waals surface area contributed by atoms with Gasteiger partial charge in [-0.3, -0.25) is 4.90 Å². The van der Waals surface area contributed by atoms with Gasteiger partial charge in [0.15, 0.2) is 0 Å². The summed E-state index contributed by atoms with van der Waals surface area (Å²) in [5, 5.41) is 3.40. The van der Waals surface area contributed by atoms with Crippen molar-refractivity contribution in [2.45, 2.75) is 37.9 Å². The molecule has 1 N–H and O–H groups in total. The minimum atomic E-state index is -0.0963. The highest BCUT2D eigenvalue weighted by Crippen LogP contribution is 2.33. The van der Waals surface area contributed by atoms with E-state index < -0.39 is 0 Å². The van der Waals surface area contributed by atoms with Crippen molar-refractivity contribution in [3.8, 4) is 0 Å². The molecular weight excluding hydrogens is 295 g/mol. The second-order valence-electron chi connectivity index (χ2n) is 5.25. The molecule has 1 saturated carbocycles. The Labute approximate surface area is 116 Å². The first kappa shape index (κ1) is 12.6. The topological polar surface area (TPSA) is 15.3 Å². The van der Waals surface area contributed by atoms with Crippen LogP contribution in [0.2, 0.25) is 0 Å². The molecule has 2 aliphatic rings. The van der Waals surface area contributed by atoms with E-state index in [2.05, 4.69) is 26.1 Å². The molecule has 98 valence electrons. The van der Waals surface area contributed by atoms with E-state index in [1.807, 2.05) is 6.07 Å². The van der Waals surface area contributed by atoms with E-state index in [1.165, 1.54) is 19.3 Å². The zero-order chi connectivity index (χ0) is 12.5. The standard InChI is InChI=1S/C14H18BrFN2/c15-13-2-1-3-14(16)12(13)9-18(10-4-5-10)11-6-7-17-8-11/h1-3,10-11,17H,4-9H2. The summed E-state index contributed by atoms with van der Waals surface area (Å²) >= 11 is 3.47. The van der Waals surface area contributed by atoms with E-state index in [-0.39, 0.29) is 5.82 Å². The molecule has 1 unspecified atom stereocenters. The van der Waals surface area contributed by atoms with Crippen LogP contribution in [0.25, 0.3) is 0 Å². The van der Waals surface area contributed by atoms with E-state index in [1.54, 1.807) is 12.1 Å². The molecule has 1 aromatic rings. The molecular formula is C14H18BrFN2. The molecule has 1 aliphatic heterocycles. The minimum Gasteiger partial charge on any atom is -0.315 e. The summed E-state index contributed by atoms with van der Waals surface area (Å²) in [5.74, 6) is -0.0963. The lowest BCUT2D eigenvalue weighted by Gasteiger charge is -2.28. The highest BCUT2D eigenvalue weighted by molar-refractivity contribution is 9.10. The van der Waals surface area contributed by atoms with E-state index in [0.29, 0.717) is 12.1 Å². The Morgan fingerprint density at radius 2 is 2.11 bits per heavy atom. The summed E-state index contributed by atoms with van der Waals surface area (Å²) in [5.41, 5.74) is 0.802. The van der Waals surface area contributed by atoms with Gasteiger partial charge in [-0.2, -0.15) is 0 Å². The van der Waals surface area contributed by atoms with Crippen molar-refractivity contribution in [1.82, 2.24) is 10.2 Å². The third kappa shape index (κ3) is 2.60. The molecule has 1 aromatic carbocycles. The molecule has 0 amide bonds. The first-order chi connectivity index (χ1) is 8.75. The zero-order valence-electron chi connectivity index (χ0n) is 10.3.